The zero-order valence-corrected chi connectivity index (χ0v) is 14.1. The van der Waals surface area contributed by atoms with Crippen LogP contribution in [-0.4, -0.2) is 27.3 Å². The van der Waals surface area contributed by atoms with Gasteiger partial charge in [-0.15, -0.1) is 0 Å². The number of benzene rings is 1. The topological polar surface area (TPSA) is 69.0 Å². The Hall–Kier alpha value is -3.41. The molecule has 0 fully saturated rings. The van der Waals surface area contributed by atoms with Crippen molar-refractivity contribution >= 4 is 17.8 Å². The molecule has 1 amide bonds. The van der Waals surface area contributed by atoms with Crippen LogP contribution in [0.2, 0.25) is 0 Å². The molecule has 1 aromatic carbocycles. The predicted octanol–water partition coefficient (Wildman–Crippen LogP) is 2.91. The summed E-state index contributed by atoms with van der Waals surface area (Å²) in [7, 11) is 0. The maximum atomic E-state index is 12.1. The number of nitrogens with zero attached hydrogens (tertiary/aromatic N) is 3. The van der Waals surface area contributed by atoms with Gasteiger partial charge in [-0.05, 0) is 41.5 Å². The van der Waals surface area contributed by atoms with Gasteiger partial charge in [0.25, 0.3) is 0 Å². The maximum Gasteiger partial charge on any atom is 0.249 e. The number of carbonyl (C=O) groups is 1. The average Bonchev–Trinajstić information content (AvgIpc) is 3.29. The highest BCUT2D eigenvalue weighted by Crippen LogP contribution is 2.26. The van der Waals surface area contributed by atoms with Crippen LogP contribution in [0.3, 0.4) is 0 Å². The summed E-state index contributed by atoms with van der Waals surface area (Å²) in [5, 5.41) is 7.11. The molecule has 0 unspecified atom stereocenters. The first-order valence-corrected chi connectivity index (χ1v) is 8.44. The van der Waals surface area contributed by atoms with E-state index in [0.29, 0.717) is 12.4 Å². The zero-order valence-electron chi connectivity index (χ0n) is 14.1. The number of nitrogens with one attached hydrogen (secondary N) is 1. The Morgan fingerprint density at radius 3 is 3.12 bits per heavy atom. The molecule has 1 aliphatic heterocycles. The minimum Gasteiger partial charge on any atom is -0.493 e. The SMILES string of the molecule is O=C(/C=C\c1ccc2c(c1)CCO2)Nc1ccn(Cc2ccccn2)n1. The highest BCUT2D eigenvalue weighted by Gasteiger charge is 2.11. The molecule has 2 aromatic heterocycles. The summed E-state index contributed by atoms with van der Waals surface area (Å²) in [5.74, 6) is 1.23. The number of carbonyl (C=O) groups excluding carboxylic acids is 1. The van der Waals surface area contributed by atoms with Crippen molar-refractivity contribution in [3.05, 3.63) is 77.8 Å². The quantitative estimate of drug-likeness (QED) is 0.721. The monoisotopic (exact) mass is 346 g/mol. The molecular formula is C20H18N4O2. The summed E-state index contributed by atoms with van der Waals surface area (Å²) in [4.78, 5) is 16.4. The van der Waals surface area contributed by atoms with Gasteiger partial charge in [0.2, 0.25) is 5.91 Å². The van der Waals surface area contributed by atoms with Crippen molar-refractivity contribution in [1.82, 2.24) is 14.8 Å². The Kier molecular flexibility index (Phi) is 4.47. The van der Waals surface area contributed by atoms with Crippen LogP contribution in [-0.2, 0) is 17.8 Å². The number of ether oxygens (including phenoxy) is 1. The van der Waals surface area contributed by atoms with Crippen molar-refractivity contribution in [2.45, 2.75) is 13.0 Å². The first kappa shape index (κ1) is 16.1. The highest BCUT2D eigenvalue weighted by atomic mass is 16.5. The molecule has 1 aliphatic rings. The minimum atomic E-state index is -0.218. The van der Waals surface area contributed by atoms with Gasteiger partial charge < -0.3 is 10.1 Å². The second-order valence-corrected chi connectivity index (χ2v) is 6.01. The summed E-state index contributed by atoms with van der Waals surface area (Å²) >= 11 is 0. The van der Waals surface area contributed by atoms with E-state index < -0.39 is 0 Å². The third-order valence-corrected chi connectivity index (χ3v) is 4.08. The maximum absolute atomic E-state index is 12.1. The van der Waals surface area contributed by atoms with Crippen molar-refractivity contribution < 1.29 is 9.53 Å². The molecule has 0 radical (unpaired) electrons. The number of amides is 1. The Bertz CT molecular complexity index is 947. The van der Waals surface area contributed by atoms with Gasteiger partial charge in [-0.25, -0.2) is 0 Å². The lowest BCUT2D eigenvalue weighted by atomic mass is 10.1. The first-order valence-electron chi connectivity index (χ1n) is 8.44. The summed E-state index contributed by atoms with van der Waals surface area (Å²) in [6, 6.07) is 13.4. The highest BCUT2D eigenvalue weighted by molar-refractivity contribution is 6.01. The van der Waals surface area contributed by atoms with E-state index in [4.69, 9.17) is 4.74 Å². The van der Waals surface area contributed by atoms with Crippen molar-refractivity contribution in [3.63, 3.8) is 0 Å². The summed E-state index contributed by atoms with van der Waals surface area (Å²) < 4.78 is 7.22. The van der Waals surface area contributed by atoms with Gasteiger partial charge >= 0.3 is 0 Å². The number of rotatable bonds is 5. The summed E-state index contributed by atoms with van der Waals surface area (Å²) in [6.45, 7) is 1.29. The second-order valence-electron chi connectivity index (χ2n) is 6.01. The summed E-state index contributed by atoms with van der Waals surface area (Å²) in [5.41, 5.74) is 3.07. The molecule has 3 aromatic rings. The van der Waals surface area contributed by atoms with E-state index >= 15 is 0 Å². The van der Waals surface area contributed by atoms with Gasteiger partial charge in [0.15, 0.2) is 5.82 Å². The standard InChI is InChI=1S/C20H18N4O2/c25-20(7-5-15-4-6-18-16(13-15)9-12-26-18)22-19-8-11-24(23-19)14-17-3-1-2-10-21-17/h1-8,10-11,13H,9,12,14H2,(H,22,23,25)/b7-5-. The van der Waals surface area contributed by atoms with E-state index in [1.807, 2.05) is 42.6 Å². The normalized spacial score (nSPS) is 12.8. The van der Waals surface area contributed by atoms with Gasteiger partial charge in [0.1, 0.15) is 5.75 Å². The molecule has 0 atom stereocenters. The van der Waals surface area contributed by atoms with Crippen molar-refractivity contribution in [1.29, 1.82) is 0 Å². The molecule has 0 bridgehead atoms. The molecule has 4 rings (SSSR count). The smallest absolute Gasteiger partial charge is 0.249 e. The Morgan fingerprint density at radius 1 is 1.27 bits per heavy atom. The Labute approximate surface area is 151 Å². The van der Waals surface area contributed by atoms with Gasteiger partial charge in [-0.2, -0.15) is 5.10 Å². The van der Waals surface area contributed by atoms with Gasteiger partial charge in [0.05, 0.1) is 18.8 Å². The molecule has 6 nitrogen and oxygen atoms in total. The fourth-order valence-corrected chi connectivity index (χ4v) is 2.82. The van der Waals surface area contributed by atoms with E-state index in [1.165, 1.54) is 11.6 Å². The second kappa shape index (κ2) is 7.23. The van der Waals surface area contributed by atoms with Crippen molar-refractivity contribution in [3.8, 4) is 5.75 Å². The lowest BCUT2D eigenvalue weighted by Gasteiger charge is -2.01. The van der Waals surface area contributed by atoms with Crippen molar-refractivity contribution in [2.24, 2.45) is 0 Å². The number of aromatic nitrogens is 3. The molecular weight excluding hydrogens is 328 g/mol. The Balaban J connectivity index is 1.36. The third-order valence-electron chi connectivity index (χ3n) is 4.08. The number of pyridine rings is 1. The molecule has 26 heavy (non-hydrogen) atoms. The van der Waals surface area contributed by atoms with Crippen LogP contribution in [0.4, 0.5) is 5.82 Å². The van der Waals surface area contributed by atoms with Crippen LogP contribution < -0.4 is 10.1 Å². The van der Waals surface area contributed by atoms with Crippen LogP contribution in [0.5, 0.6) is 5.75 Å². The van der Waals surface area contributed by atoms with Crippen LogP contribution in [0.1, 0.15) is 16.8 Å². The largest absolute Gasteiger partial charge is 0.493 e. The molecule has 1 N–H and O–H groups in total. The number of fused-ring (bicyclic) bond motifs is 1. The fraction of sp³-hybridized carbons (Fsp3) is 0.150. The average molecular weight is 346 g/mol. The molecule has 0 spiro atoms. The lowest BCUT2D eigenvalue weighted by molar-refractivity contribution is -0.111. The molecule has 0 saturated carbocycles. The molecule has 0 aliphatic carbocycles. The van der Waals surface area contributed by atoms with Gasteiger partial charge in [-0.1, -0.05) is 12.1 Å². The van der Waals surface area contributed by atoms with Crippen LogP contribution >= 0.6 is 0 Å². The molecule has 6 heteroatoms. The zero-order chi connectivity index (χ0) is 17.8. The first-order chi connectivity index (χ1) is 12.8. The fourth-order valence-electron chi connectivity index (χ4n) is 2.82. The van der Waals surface area contributed by atoms with E-state index in [-0.39, 0.29) is 5.91 Å². The van der Waals surface area contributed by atoms with E-state index in [2.05, 4.69) is 15.4 Å². The van der Waals surface area contributed by atoms with E-state index in [1.54, 1.807) is 23.0 Å². The number of hydrogen-bond donors (Lipinski definition) is 1. The number of anilines is 1. The third kappa shape index (κ3) is 3.80. The number of hydrogen-bond acceptors (Lipinski definition) is 4. The predicted molar refractivity (Wildman–Crippen MR) is 98.9 cm³/mol. The molecule has 3 heterocycles. The van der Waals surface area contributed by atoms with Crippen LogP contribution in [0, 0.1) is 0 Å². The molecule has 0 saturated heterocycles. The van der Waals surface area contributed by atoms with Gasteiger partial charge in [-0.3, -0.25) is 14.5 Å². The minimum absolute atomic E-state index is 0.218. The molecule has 130 valence electrons. The van der Waals surface area contributed by atoms with Crippen molar-refractivity contribution in [2.75, 3.05) is 11.9 Å². The van der Waals surface area contributed by atoms with Crippen LogP contribution in [0.25, 0.3) is 6.08 Å². The lowest BCUT2D eigenvalue weighted by Crippen LogP contribution is -2.09. The van der Waals surface area contributed by atoms with Crippen LogP contribution in [0.15, 0.2) is 60.9 Å². The summed E-state index contributed by atoms with van der Waals surface area (Å²) in [6.07, 6.45) is 7.77. The van der Waals surface area contributed by atoms with E-state index in [0.717, 1.165) is 30.0 Å². The van der Waals surface area contributed by atoms with Gasteiger partial charge in [0, 0.05) is 31.0 Å². The Morgan fingerprint density at radius 2 is 2.23 bits per heavy atom. The van der Waals surface area contributed by atoms with E-state index in [9.17, 15) is 4.79 Å².